The molecule has 2 nitrogen and oxygen atoms in total. The van der Waals surface area contributed by atoms with E-state index < -0.39 is 0 Å². The highest BCUT2D eigenvalue weighted by Gasteiger charge is 2.45. The first kappa shape index (κ1) is 27.7. The summed E-state index contributed by atoms with van der Waals surface area (Å²) in [6.45, 7) is 9.11. The zero-order chi connectivity index (χ0) is 29.6. The minimum Gasteiger partial charge on any atom is -0.484 e. The number of rotatable bonds is 7. The molecule has 1 aliphatic carbocycles. The summed E-state index contributed by atoms with van der Waals surface area (Å²) >= 11 is 0. The molecule has 0 bridgehead atoms. The summed E-state index contributed by atoms with van der Waals surface area (Å²) in [4.78, 5) is 4.95. The highest BCUT2D eigenvalue weighted by molar-refractivity contribution is 6.08. The summed E-state index contributed by atoms with van der Waals surface area (Å²) < 4.78 is 7.37. The quantitative estimate of drug-likeness (QED) is 0.180. The molecule has 1 aromatic heterocycles. The van der Waals surface area contributed by atoms with E-state index in [1.165, 1.54) is 43.8 Å². The number of ether oxygens (including phenoxy) is 1. The minimum absolute atomic E-state index is 0.166. The highest BCUT2D eigenvalue weighted by atomic mass is 16.5. The summed E-state index contributed by atoms with van der Waals surface area (Å²) in [7, 11) is 0. The summed E-state index contributed by atoms with van der Waals surface area (Å²) in [5.41, 5.74) is 7.50. The number of nitrogens with zero attached hydrogens (tertiary/aromatic N) is 1. The van der Waals surface area contributed by atoms with Crippen LogP contribution in [0.1, 0.15) is 74.0 Å². The Morgan fingerprint density at radius 2 is 1.60 bits per heavy atom. The molecule has 1 aliphatic rings. The van der Waals surface area contributed by atoms with Gasteiger partial charge in [0.1, 0.15) is 11.9 Å². The molecule has 5 aromatic carbocycles. The van der Waals surface area contributed by atoms with Gasteiger partial charge < -0.3 is 4.74 Å². The zero-order valence-corrected chi connectivity index (χ0v) is 25.9. The molecule has 1 heterocycles. The number of para-hydroxylation sites is 1. The van der Waals surface area contributed by atoms with Crippen LogP contribution in [0.15, 0.2) is 103 Å². The molecule has 7 rings (SSSR count). The summed E-state index contributed by atoms with van der Waals surface area (Å²) in [6.07, 6.45) is 7.20. The number of hydrogen-bond acceptors (Lipinski definition) is 2. The number of aromatic nitrogens is 1. The molecule has 6 aromatic rings. The monoisotopic (exact) mass is 563 g/mol. The van der Waals surface area contributed by atoms with Crippen LogP contribution in [0.3, 0.4) is 0 Å². The molecular weight excluding hydrogens is 522 g/mol. The molecule has 216 valence electrons. The van der Waals surface area contributed by atoms with E-state index in [1.54, 1.807) is 0 Å². The van der Waals surface area contributed by atoms with Gasteiger partial charge in [-0.25, -0.2) is 0 Å². The molecule has 2 atom stereocenters. The van der Waals surface area contributed by atoms with Gasteiger partial charge in [0.2, 0.25) is 0 Å². The standard InChI is InChI=1S/C41H41NO/c1-5-41(22-10-14-36-35-18-17-29-11-6-8-13-33(29)34(35)19-20-37(36)41)40(32-25-30-12-7-9-15-38(30)42-26-32)43-39-21-16-28(4)24-31(39)23-27(2)3/h6-9,11-13,15-21,24-27,40H,5,10,14,22-23H2,1-4H3. The van der Waals surface area contributed by atoms with E-state index >= 15 is 0 Å². The molecule has 0 aliphatic heterocycles. The first-order valence-electron chi connectivity index (χ1n) is 16.0. The predicted octanol–water partition coefficient (Wildman–Crippen LogP) is 10.9. The van der Waals surface area contributed by atoms with E-state index in [1.807, 2.05) is 0 Å². The second-order valence-electron chi connectivity index (χ2n) is 13.0. The van der Waals surface area contributed by atoms with Crippen molar-refractivity contribution in [3.8, 4) is 5.75 Å². The lowest BCUT2D eigenvalue weighted by molar-refractivity contribution is 0.0854. The topological polar surface area (TPSA) is 22.1 Å². The third-order valence-corrected chi connectivity index (χ3v) is 9.76. The van der Waals surface area contributed by atoms with Crippen molar-refractivity contribution in [3.05, 3.63) is 131 Å². The summed E-state index contributed by atoms with van der Waals surface area (Å²) in [6, 6.07) is 35.7. The van der Waals surface area contributed by atoms with Crippen LogP contribution in [-0.2, 0) is 18.3 Å². The maximum Gasteiger partial charge on any atom is 0.135 e. The fourth-order valence-corrected chi connectivity index (χ4v) is 7.71. The van der Waals surface area contributed by atoms with Gasteiger partial charge in [-0.15, -0.1) is 0 Å². The first-order chi connectivity index (χ1) is 21.0. The van der Waals surface area contributed by atoms with Crippen molar-refractivity contribution in [2.24, 2.45) is 5.92 Å². The van der Waals surface area contributed by atoms with Gasteiger partial charge in [0, 0.05) is 22.6 Å². The number of hydrogen-bond donors (Lipinski definition) is 0. The zero-order valence-electron chi connectivity index (χ0n) is 25.9. The van der Waals surface area contributed by atoms with E-state index in [-0.39, 0.29) is 11.5 Å². The maximum atomic E-state index is 7.37. The molecular formula is C41H41NO. The molecule has 0 amide bonds. The number of aryl methyl sites for hydroxylation is 2. The Hall–Kier alpha value is -4.17. The summed E-state index contributed by atoms with van der Waals surface area (Å²) in [5.74, 6) is 1.55. The molecule has 0 N–H and O–H groups in total. The van der Waals surface area contributed by atoms with Gasteiger partial charge in [-0.1, -0.05) is 105 Å². The summed E-state index contributed by atoms with van der Waals surface area (Å²) in [5, 5.41) is 6.53. The van der Waals surface area contributed by atoms with Crippen LogP contribution < -0.4 is 4.74 Å². The van der Waals surface area contributed by atoms with Crippen molar-refractivity contribution >= 4 is 32.4 Å². The van der Waals surface area contributed by atoms with Crippen molar-refractivity contribution < 1.29 is 4.74 Å². The van der Waals surface area contributed by atoms with Crippen molar-refractivity contribution in [1.82, 2.24) is 4.98 Å². The lowest BCUT2D eigenvalue weighted by Gasteiger charge is -2.45. The van der Waals surface area contributed by atoms with Gasteiger partial charge in [-0.2, -0.15) is 0 Å². The third-order valence-electron chi connectivity index (χ3n) is 9.76. The van der Waals surface area contributed by atoms with Crippen molar-refractivity contribution in [1.29, 1.82) is 0 Å². The Balaban J connectivity index is 1.45. The van der Waals surface area contributed by atoms with E-state index in [4.69, 9.17) is 9.72 Å². The number of benzene rings is 5. The van der Waals surface area contributed by atoms with Crippen LogP contribution in [-0.4, -0.2) is 4.98 Å². The molecule has 0 spiro atoms. The van der Waals surface area contributed by atoms with Crippen LogP contribution in [0.5, 0.6) is 5.75 Å². The van der Waals surface area contributed by atoms with Crippen LogP contribution in [0.2, 0.25) is 0 Å². The largest absolute Gasteiger partial charge is 0.484 e. The Labute approximate surface area is 255 Å². The van der Waals surface area contributed by atoms with Crippen LogP contribution in [0.25, 0.3) is 32.4 Å². The van der Waals surface area contributed by atoms with E-state index in [9.17, 15) is 0 Å². The first-order valence-corrected chi connectivity index (χ1v) is 16.0. The SMILES string of the molecule is CCC1(C(Oc2ccc(C)cc2CC(C)C)c2cnc3ccccc3c2)CCCc2c1ccc1c2ccc2ccccc21. The molecule has 0 saturated carbocycles. The fourth-order valence-electron chi connectivity index (χ4n) is 7.71. The average molecular weight is 564 g/mol. The molecule has 2 unspecified atom stereocenters. The van der Waals surface area contributed by atoms with Crippen molar-refractivity contribution in [3.63, 3.8) is 0 Å². The normalized spacial score (nSPS) is 17.4. The predicted molar refractivity (Wildman–Crippen MR) is 181 cm³/mol. The maximum absolute atomic E-state index is 7.37. The Kier molecular flexibility index (Phi) is 7.17. The molecule has 2 heteroatoms. The molecule has 43 heavy (non-hydrogen) atoms. The van der Waals surface area contributed by atoms with Gasteiger partial charge >= 0.3 is 0 Å². The Bertz CT molecular complexity index is 1950. The Morgan fingerprint density at radius 3 is 2.44 bits per heavy atom. The van der Waals surface area contributed by atoms with Gasteiger partial charge in [0.05, 0.1) is 5.52 Å². The third kappa shape index (κ3) is 4.87. The van der Waals surface area contributed by atoms with Gasteiger partial charge in [0.15, 0.2) is 0 Å². The fraction of sp³-hybridized carbons (Fsp3) is 0.293. The minimum atomic E-state index is -0.183. The molecule has 0 saturated heterocycles. The second-order valence-corrected chi connectivity index (χ2v) is 13.0. The lowest BCUT2D eigenvalue weighted by Crippen LogP contribution is -2.40. The second kappa shape index (κ2) is 11.2. The lowest BCUT2D eigenvalue weighted by atomic mass is 9.63. The average Bonchev–Trinajstić information content (AvgIpc) is 3.03. The van der Waals surface area contributed by atoms with Gasteiger partial charge in [-0.05, 0) is 101 Å². The highest BCUT2D eigenvalue weighted by Crippen LogP contribution is 2.52. The van der Waals surface area contributed by atoms with Crippen LogP contribution in [0, 0.1) is 12.8 Å². The van der Waals surface area contributed by atoms with Crippen LogP contribution >= 0.6 is 0 Å². The molecule has 0 fully saturated rings. The van der Waals surface area contributed by atoms with Gasteiger partial charge in [-0.3, -0.25) is 4.98 Å². The van der Waals surface area contributed by atoms with E-state index in [2.05, 4.69) is 131 Å². The van der Waals surface area contributed by atoms with E-state index in [0.717, 1.165) is 54.3 Å². The van der Waals surface area contributed by atoms with Crippen molar-refractivity contribution in [2.75, 3.05) is 0 Å². The smallest absolute Gasteiger partial charge is 0.135 e. The van der Waals surface area contributed by atoms with Crippen molar-refractivity contribution in [2.45, 2.75) is 71.3 Å². The van der Waals surface area contributed by atoms with E-state index in [0.29, 0.717) is 5.92 Å². The number of fused-ring (bicyclic) bond motifs is 6. The Morgan fingerprint density at radius 1 is 0.814 bits per heavy atom. The molecule has 0 radical (unpaired) electrons. The van der Waals surface area contributed by atoms with Gasteiger partial charge in [0.25, 0.3) is 0 Å². The number of pyridine rings is 1. The van der Waals surface area contributed by atoms with Crippen LogP contribution in [0.4, 0.5) is 0 Å².